The maximum absolute atomic E-state index is 7.98. The van der Waals surface area contributed by atoms with Gasteiger partial charge in [-0.2, -0.15) is 0 Å². The van der Waals surface area contributed by atoms with Gasteiger partial charge in [-0.05, 0) is 18.6 Å². The highest BCUT2D eigenvalue weighted by Crippen LogP contribution is 2.12. The van der Waals surface area contributed by atoms with Crippen LogP contribution >= 0.6 is 0 Å². The molecule has 4 heteroatoms. The third-order valence-electron chi connectivity index (χ3n) is 2.33. The highest BCUT2D eigenvalue weighted by atomic mass is 16.5. The standard InChI is InChI=1S/C11H17N3O/c1-3-8(7-15-2)11(13)10-5-4-9(12)6-14-10/h4-6,8,13H,3,7,12H2,1-2H3/t8-/m0/s1. The predicted molar refractivity (Wildman–Crippen MR) is 61.1 cm³/mol. The van der Waals surface area contributed by atoms with Crippen molar-refractivity contribution in [3.63, 3.8) is 0 Å². The summed E-state index contributed by atoms with van der Waals surface area (Å²) in [5, 5.41) is 7.98. The second kappa shape index (κ2) is 5.46. The summed E-state index contributed by atoms with van der Waals surface area (Å²) in [6.07, 6.45) is 2.45. The zero-order valence-electron chi connectivity index (χ0n) is 9.16. The van der Waals surface area contributed by atoms with Crippen LogP contribution in [0.2, 0.25) is 0 Å². The van der Waals surface area contributed by atoms with E-state index in [-0.39, 0.29) is 5.92 Å². The van der Waals surface area contributed by atoms with Gasteiger partial charge in [0.2, 0.25) is 0 Å². The quantitative estimate of drug-likeness (QED) is 0.722. The molecule has 0 radical (unpaired) electrons. The number of nitrogen functional groups attached to an aromatic ring is 1. The zero-order valence-corrected chi connectivity index (χ0v) is 9.16. The Bertz CT molecular complexity index is 321. The summed E-state index contributed by atoms with van der Waals surface area (Å²) in [5.41, 5.74) is 7.34. The van der Waals surface area contributed by atoms with Crippen LogP contribution in [0.25, 0.3) is 0 Å². The molecule has 4 nitrogen and oxygen atoms in total. The Morgan fingerprint density at radius 1 is 1.60 bits per heavy atom. The molecule has 0 amide bonds. The first-order chi connectivity index (χ1) is 7.19. The van der Waals surface area contributed by atoms with E-state index >= 15 is 0 Å². The Hall–Kier alpha value is -1.42. The lowest BCUT2D eigenvalue weighted by atomic mass is 9.98. The minimum atomic E-state index is 0.103. The van der Waals surface area contributed by atoms with Crippen molar-refractivity contribution < 1.29 is 4.74 Å². The van der Waals surface area contributed by atoms with Gasteiger partial charge in [-0.1, -0.05) is 6.92 Å². The van der Waals surface area contributed by atoms with Gasteiger partial charge in [0.1, 0.15) is 0 Å². The molecule has 0 saturated carbocycles. The van der Waals surface area contributed by atoms with Crippen LogP contribution in [-0.2, 0) is 4.74 Å². The predicted octanol–water partition coefficient (Wildman–Crippen LogP) is 1.70. The number of nitrogens with two attached hydrogens (primary N) is 1. The second-order valence-corrected chi connectivity index (χ2v) is 3.45. The Morgan fingerprint density at radius 2 is 2.33 bits per heavy atom. The molecule has 0 aromatic carbocycles. The van der Waals surface area contributed by atoms with E-state index in [0.29, 0.717) is 23.7 Å². The summed E-state index contributed by atoms with van der Waals surface area (Å²) in [7, 11) is 1.65. The van der Waals surface area contributed by atoms with Crippen molar-refractivity contribution >= 4 is 11.4 Å². The van der Waals surface area contributed by atoms with Crippen LogP contribution in [0, 0.1) is 11.3 Å². The Labute approximate surface area is 90.0 Å². The minimum Gasteiger partial charge on any atom is -0.397 e. The number of nitrogens with zero attached hydrogens (tertiary/aromatic N) is 1. The van der Waals surface area contributed by atoms with E-state index in [9.17, 15) is 0 Å². The largest absolute Gasteiger partial charge is 0.397 e. The fourth-order valence-electron chi connectivity index (χ4n) is 1.38. The lowest BCUT2D eigenvalue weighted by Crippen LogP contribution is -2.20. The average Bonchev–Trinajstić information content (AvgIpc) is 2.26. The molecule has 0 saturated heterocycles. The monoisotopic (exact) mass is 207 g/mol. The number of hydrogen-bond acceptors (Lipinski definition) is 4. The molecule has 15 heavy (non-hydrogen) atoms. The lowest BCUT2D eigenvalue weighted by molar-refractivity contribution is 0.174. The molecule has 82 valence electrons. The van der Waals surface area contributed by atoms with Gasteiger partial charge >= 0.3 is 0 Å². The first kappa shape index (κ1) is 11.7. The molecule has 1 heterocycles. The van der Waals surface area contributed by atoms with Gasteiger partial charge < -0.3 is 15.9 Å². The fourth-order valence-corrected chi connectivity index (χ4v) is 1.38. The van der Waals surface area contributed by atoms with Crippen molar-refractivity contribution in [1.29, 1.82) is 5.41 Å². The van der Waals surface area contributed by atoms with Gasteiger partial charge in [0.05, 0.1) is 29.9 Å². The van der Waals surface area contributed by atoms with Crippen molar-refractivity contribution in [1.82, 2.24) is 4.98 Å². The summed E-state index contributed by atoms with van der Waals surface area (Å²) >= 11 is 0. The van der Waals surface area contributed by atoms with Crippen molar-refractivity contribution in [2.45, 2.75) is 13.3 Å². The normalized spacial score (nSPS) is 12.4. The highest BCUT2D eigenvalue weighted by molar-refractivity contribution is 5.98. The number of hydrogen-bond donors (Lipinski definition) is 2. The zero-order chi connectivity index (χ0) is 11.3. The van der Waals surface area contributed by atoms with Crippen LogP contribution in [-0.4, -0.2) is 24.4 Å². The molecule has 1 aromatic rings. The minimum absolute atomic E-state index is 0.103. The Morgan fingerprint density at radius 3 is 2.80 bits per heavy atom. The van der Waals surface area contributed by atoms with Crippen LogP contribution in [0.5, 0.6) is 0 Å². The summed E-state index contributed by atoms with van der Waals surface area (Å²) in [4.78, 5) is 4.12. The topological polar surface area (TPSA) is 72.0 Å². The molecule has 0 aliphatic carbocycles. The summed E-state index contributed by atoms with van der Waals surface area (Å²) in [5.74, 6) is 0.103. The van der Waals surface area contributed by atoms with E-state index in [1.54, 1.807) is 25.4 Å². The third-order valence-corrected chi connectivity index (χ3v) is 2.33. The number of anilines is 1. The van der Waals surface area contributed by atoms with Crippen LogP contribution in [0.4, 0.5) is 5.69 Å². The molecule has 0 bridgehead atoms. The first-order valence-corrected chi connectivity index (χ1v) is 4.98. The number of nitrogens with one attached hydrogen (secondary N) is 1. The van der Waals surface area contributed by atoms with Gasteiger partial charge in [-0.3, -0.25) is 4.98 Å². The van der Waals surface area contributed by atoms with Crippen molar-refractivity contribution in [2.75, 3.05) is 19.5 Å². The SMILES string of the molecule is CC[C@@H](COC)C(=N)c1ccc(N)cn1. The maximum atomic E-state index is 7.98. The summed E-state index contributed by atoms with van der Waals surface area (Å²) in [6.45, 7) is 2.59. The van der Waals surface area contributed by atoms with Crippen molar-refractivity contribution in [3.05, 3.63) is 24.0 Å². The number of methoxy groups -OCH3 is 1. The van der Waals surface area contributed by atoms with Gasteiger partial charge in [-0.25, -0.2) is 0 Å². The van der Waals surface area contributed by atoms with Crippen LogP contribution < -0.4 is 5.73 Å². The van der Waals surface area contributed by atoms with E-state index in [4.69, 9.17) is 15.9 Å². The van der Waals surface area contributed by atoms with E-state index in [2.05, 4.69) is 4.98 Å². The molecular weight excluding hydrogens is 190 g/mol. The molecule has 0 fully saturated rings. The van der Waals surface area contributed by atoms with Crippen molar-refractivity contribution in [2.24, 2.45) is 5.92 Å². The molecule has 0 aliphatic rings. The molecule has 1 atom stereocenters. The van der Waals surface area contributed by atoms with E-state index in [1.807, 2.05) is 6.92 Å². The molecule has 3 N–H and O–H groups in total. The highest BCUT2D eigenvalue weighted by Gasteiger charge is 2.14. The van der Waals surface area contributed by atoms with Crippen LogP contribution in [0.15, 0.2) is 18.3 Å². The molecule has 0 spiro atoms. The number of aromatic nitrogens is 1. The van der Waals surface area contributed by atoms with Gasteiger partial charge in [0, 0.05) is 13.0 Å². The van der Waals surface area contributed by atoms with Crippen LogP contribution in [0.1, 0.15) is 19.0 Å². The van der Waals surface area contributed by atoms with Gasteiger partial charge in [0.25, 0.3) is 0 Å². The van der Waals surface area contributed by atoms with Crippen LogP contribution in [0.3, 0.4) is 0 Å². The number of rotatable bonds is 5. The van der Waals surface area contributed by atoms with Gasteiger partial charge in [-0.15, -0.1) is 0 Å². The molecule has 0 aliphatic heterocycles. The lowest BCUT2D eigenvalue weighted by Gasteiger charge is -2.14. The molecule has 1 aromatic heterocycles. The number of ether oxygens (including phenoxy) is 1. The molecular formula is C11H17N3O. The Kier molecular flexibility index (Phi) is 4.24. The fraction of sp³-hybridized carbons (Fsp3) is 0.455. The smallest absolute Gasteiger partial charge is 0.0842 e. The van der Waals surface area contributed by atoms with E-state index in [0.717, 1.165) is 6.42 Å². The summed E-state index contributed by atoms with van der Waals surface area (Å²) < 4.78 is 5.07. The Balaban J connectivity index is 2.78. The van der Waals surface area contributed by atoms with Gasteiger partial charge in [0.15, 0.2) is 0 Å². The van der Waals surface area contributed by atoms with E-state index in [1.165, 1.54) is 0 Å². The molecule has 1 rings (SSSR count). The first-order valence-electron chi connectivity index (χ1n) is 4.98. The maximum Gasteiger partial charge on any atom is 0.0842 e. The second-order valence-electron chi connectivity index (χ2n) is 3.45. The molecule has 0 unspecified atom stereocenters. The summed E-state index contributed by atoms with van der Waals surface area (Å²) in [6, 6.07) is 3.53. The van der Waals surface area contributed by atoms with Crippen molar-refractivity contribution in [3.8, 4) is 0 Å². The van der Waals surface area contributed by atoms with E-state index < -0.39 is 0 Å². The third kappa shape index (κ3) is 3.02. The average molecular weight is 207 g/mol. The number of pyridine rings is 1.